The number of hydrogen-bond donors (Lipinski definition) is 2. The monoisotopic (exact) mass is 333 g/mol. The first-order valence-corrected chi connectivity index (χ1v) is 8.44. The molecule has 0 aliphatic heterocycles. The quantitative estimate of drug-likeness (QED) is 0.492. The molecule has 122 valence electrons. The Balaban J connectivity index is 2.56. The fourth-order valence-electron chi connectivity index (χ4n) is 2.28. The highest BCUT2D eigenvalue weighted by Crippen LogP contribution is 2.27. The molecular weight excluding hydrogens is 314 g/mol. The molecule has 23 heavy (non-hydrogen) atoms. The SMILES string of the molecule is Cc1ccc(N(CC(=O)NN)S(=O)(=O)c2ccccc2)c(C)c1. The van der Waals surface area contributed by atoms with Crippen LogP contribution in [0.5, 0.6) is 0 Å². The van der Waals surface area contributed by atoms with Gasteiger partial charge < -0.3 is 0 Å². The third-order valence-corrected chi connectivity index (χ3v) is 5.17. The molecule has 0 saturated heterocycles. The number of sulfonamides is 1. The number of rotatable bonds is 5. The number of carbonyl (C=O) groups is 1. The van der Waals surface area contributed by atoms with E-state index in [-0.39, 0.29) is 4.90 Å². The largest absolute Gasteiger partial charge is 0.293 e. The highest BCUT2D eigenvalue weighted by atomic mass is 32.2. The Kier molecular flexibility index (Phi) is 5.02. The van der Waals surface area contributed by atoms with Gasteiger partial charge in [-0.1, -0.05) is 35.9 Å². The van der Waals surface area contributed by atoms with Gasteiger partial charge in [-0.3, -0.25) is 14.5 Å². The lowest BCUT2D eigenvalue weighted by molar-refractivity contribution is -0.119. The summed E-state index contributed by atoms with van der Waals surface area (Å²) in [5.41, 5.74) is 4.19. The first-order valence-electron chi connectivity index (χ1n) is 7.00. The number of amides is 1. The number of nitrogens with zero attached hydrogens (tertiary/aromatic N) is 1. The van der Waals surface area contributed by atoms with Crippen molar-refractivity contribution in [1.29, 1.82) is 0 Å². The Labute approximate surface area is 135 Å². The van der Waals surface area contributed by atoms with Crippen LogP contribution in [0.3, 0.4) is 0 Å². The molecule has 0 radical (unpaired) electrons. The van der Waals surface area contributed by atoms with Gasteiger partial charge in [0.15, 0.2) is 0 Å². The highest BCUT2D eigenvalue weighted by molar-refractivity contribution is 7.92. The van der Waals surface area contributed by atoms with Gasteiger partial charge in [-0.2, -0.15) is 0 Å². The van der Waals surface area contributed by atoms with E-state index in [0.29, 0.717) is 5.69 Å². The average molecular weight is 333 g/mol. The Morgan fingerprint density at radius 3 is 2.35 bits per heavy atom. The third kappa shape index (κ3) is 3.69. The molecule has 0 fully saturated rings. The number of carbonyl (C=O) groups excluding carboxylic acids is 1. The Morgan fingerprint density at radius 2 is 1.78 bits per heavy atom. The van der Waals surface area contributed by atoms with Crippen LogP contribution in [0.1, 0.15) is 11.1 Å². The van der Waals surface area contributed by atoms with Crippen LogP contribution in [0.4, 0.5) is 5.69 Å². The zero-order valence-electron chi connectivity index (χ0n) is 13.0. The second kappa shape index (κ2) is 6.80. The molecule has 7 heteroatoms. The molecule has 1 amide bonds. The standard InChI is InChI=1S/C16H19N3O3S/c1-12-8-9-15(13(2)10-12)19(11-16(20)18-17)23(21,22)14-6-4-3-5-7-14/h3-10H,11,17H2,1-2H3,(H,18,20). The number of hydrazine groups is 1. The molecule has 0 bridgehead atoms. The molecule has 0 aliphatic rings. The summed E-state index contributed by atoms with van der Waals surface area (Å²) < 4.78 is 26.9. The van der Waals surface area contributed by atoms with Gasteiger partial charge in [0.2, 0.25) is 0 Å². The minimum Gasteiger partial charge on any atom is -0.293 e. The van der Waals surface area contributed by atoms with Crippen molar-refractivity contribution in [2.75, 3.05) is 10.8 Å². The Morgan fingerprint density at radius 1 is 1.13 bits per heavy atom. The van der Waals surface area contributed by atoms with Gasteiger partial charge in [-0.15, -0.1) is 0 Å². The fraction of sp³-hybridized carbons (Fsp3) is 0.188. The summed E-state index contributed by atoms with van der Waals surface area (Å²) in [5, 5.41) is 0. The molecule has 0 atom stereocenters. The third-order valence-electron chi connectivity index (χ3n) is 3.40. The minimum atomic E-state index is -3.88. The first-order chi connectivity index (χ1) is 10.9. The zero-order valence-corrected chi connectivity index (χ0v) is 13.8. The van der Waals surface area contributed by atoms with Crippen molar-refractivity contribution >= 4 is 21.6 Å². The molecule has 6 nitrogen and oxygen atoms in total. The number of hydrogen-bond acceptors (Lipinski definition) is 4. The van der Waals surface area contributed by atoms with Gasteiger partial charge in [0, 0.05) is 0 Å². The molecule has 0 aromatic heterocycles. The second-order valence-electron chi connectivity index (χ2n) is 5.18. The van der Waals surface area contributed by atoms with E-state index in [0.717, 1.165) is 15.4 Å². The fourth-order valence-corrected chi connectivity index (χ4v) is 3.79. The second-order valence-corrected chi connectivity index (χ2v) is 7.04. The molecule has 0 unspecified atom stereocenters. The van der Waals surface area contributed by atoms with Crippen LogP contribution < -0.4 is 15.6 Å². The molecule has 2 rings (SSSR count). The minimum absolute atomic E-state index is 0.116. The van der Waals surface area contributed by atoms with Crippen molar-refractivity contribution < 1.29 is 13.2 Å². The summed E-state index contributed by atoms with van der Waals surface area (Å²) in [4.78, 5) is 11.8. The van der Waals surface area contributed by atoms with Crippen molar-refractivity contribution in [3.8, 4) is 0 Å². The Hall–Kier alpha value is -2.38. The van der Waals surface area contributed by atoms with Crippen molar-refractivity contribution in [3.05, 3.63) is 59.7 Å². The van der Waals surface area contributed by atoms with Crippen molar-refractivity contribution in [3.63, 3.8) is 0 Å². The summed E-state index contributed by atoms with van der Waals surface area (Å²) in [7, 11) is -3.88. The lowest BCUT2D eigenvalue weighted by atomic mass is 10.1. The molecule has 0 spiro atoms. The van der Waals surface area contributed by atoms with E-state index in [1.165, 1.54) is 12.1 Å². The maximum Gasteiger partial charge on any atom is 0.264 e. The molecular formula is C16H19N3O3S. The van der Waals surface area contributed by atoms with Crippen LogP contribution in [-0.2, 0) is 14.8 Å². The normalized spacial score (nSPS) is 11.1. The molecule has 3 N–H and O–H groups in total. The van der Waals surface area contributed by atoms with Gasteiger partial charge in [0.05, 0.1) is 10.6 Å². The maximum atomic E-state index is 12.9. The van der Waals surface area contributed by atoms with E-state index >= 15 is 0 Å². The summed E-state index contributed by atoms with van der Waals surface area (Å²) in [6, 6.07) is 13.3. The summed E-state index contributed by atoms with van der Waals surface area (Å²) >= 11 is 0. The van der Waals surface area contributed by atoms with E-state index in [1.807, 2.05) is 18.4 Å². The predicted molar refractivity (Wildman–Crippen MR) is 89.2 cm³/mol. The van der Waals surface area contributed by atoms with Gasteiger partial charge >= 0.3 is 0 Å². The van der Waals surface area contributed by atoms with E-state index in [9.17, 15) is 13.2 Å². The lowest BCUT2D eigenvalue weighted by Crippen LogP contribution is -2.43. The lowest BCUT2D eigenvalue weighted by Gasteiger charge is -2.25. The average Bonchev–Trinajstić information content (AvgIpc) is 2.53. The predicted octanol–water partition coefficient (Wildman–Crippen LogP) is 1.49. The highest BCUT2D eigenvalue weighted by Gasteiger charge is 2.27. The van der Waals surface area contributed by atoms with Crippen LogP contribution in [-0.4, -0.2) is 20.9 Å². The van der Waals surface area contributed by atoms with Gasteiger partial charge in [0.25, 0.3) is 15.9 Å². The number of nitrogens with two attached hydrogens (primary N) is 1. The van der Waals surface area contributed by atoms with E-state index in [2.05, 4.69) is 0 Å². The van der Waals surface area contributed by atoms with Crippen LogP contribution >= 0.6 is 0 Å². The van der Waals surface area contributed by atoms with Crippen LogP contribution in [0, 0.1) is 13.8 Å². The van der Waals surface area contributed by atoms with Crippen molar-refractivity contribution in [1.82, 2.24) is 5.43 Å². The van der Waals surface area contributed by atoms with E-state index < -0.39 is 22.5 Å². The summed E-state index contributed by atoms with van der Waals surface area (Å²) in [5.74, 6) is 4.53. The molecule has 0 aliphatic carbocycles. The van der Waals surface area contributed by atoms with E-state index in [4.69, 9.17) is 5.84 Å². The van der Waals surface area contributed by atoms with Crippen LogP contribution in [0.25, 0.3) is 0 Å². The van der Waals surface area contributed by atoms with Crippen LogP contribution in [0.15, 0.2) is 53.4 Å². The van der Waals surface area contributed by atoms with Gasteiger partial charge in [0.1, 0.15) is 6.54 Å². The number of anilines is 1. The van der Waals surface area contributed by atoms with Gasteiger partial charge in [-0.05, 0) is 37.6 Å². The topological polar surface area (TPSA) is 92.5 Å². The molecule has 0 heterocycles. The maximum absolute atomic E-state index is 12.9. The van der Waals surface area contributed by atoms with Crippen molar-refractivity contribution in [2.45, 2.75) is 18.7 Å². The number of nitrogens with one attached hydrogen (secondary N) is 1. The summed E-state index contributed by atoms with van der Waals surface area (Å²) in [6.07, 6.45) is 0. The zero-order chi connectivity index (χ0) is 17.0. The van der Waals surface area contributed by atoms with Crippen LogP contribution in [0.2, 0.25) is 0 Å². The summed E-state index contributed by atoms with van der Waals surface area (Å²) in [6.45, 7) is 3.33. The van der Waals surface area contributed by atoms with E-state index in [1.54, 1.807) is 37.3 Å². The molecule has 0 saturated carbocycles. The first kappa shape index (κ1) is 17.0. The Bertz CT molecular complexity index is 805. The molecule has 2 aromatic carbocycles. The van der Waals surface area contributed by atoms with Crippen molar-refractivity contribution in [2.24, 2.45) is 5.84 Å². The van der Waals surface area contributed by atoms with Gasteiger partial charge in [-0.25, -0.2) is 14.3 Å². The smallest absolute Gasteiger partial charge is 0.264 e. The molecule has 2 aromatic rings. The number of aryl methyl sites for hydroxylation is 2. The number of benzene rings is 2.